The number of hydrazone groups is 1. The van der Waals surface area contributed by atoms with E-state index in [9.17, 15) is 14.7 Å². The van der Waals surface area contributed by atoms with Gasteiger partial charge in [-0.2, -0.15) is 10.2 Å². The van der Waals surface area contributed by atoms with Gasteiger partial charge in [0.1, 0.15) is 5.75 Å². The molecule has 7 nitrogen and oxygen atoms in total. The third-order valence-corrected chi connectivity index (χ3v) is 3.98. The van der Waals surface area contributed by atoms with Crippen LogP contribution in [0.2, 0.25) is 5.02 Å². The van der Waals surface area contributed by atoms with Crippen LogP contribution < -0.4 is 11.0 Å². The van der Waals surface area contributed by atoms with Crippen LogP contribution in [-0.4, -0.2) is 27.0 Å². The maximum atomic E-state index is 12.5. The molecule has 1 amide bonds. The Hall–Kier alpha value is -3.19. The van der Waals surface area contributed by atoms with Crippen LogP contribution in [0.3, 0.4) is 0 Å². The van der Waals surface area contributed by atoms with Gasteiger partial charge in [-0.1, -0.05) is 29.8 Å². The standard InChI is InChI=1S/C18H15ClN4O3/c1-2-23-18(26)14-6-4-3-5-13(14)16(22-23)17(25)21-20-10-11-9-12(19)7-8-15(11)24/h3-10,24H,2H2,1H3,(H,21,25)/b20-10+. The summed E-state index contributed by atoms with van der Waals surface area (Å²) in [6, 6.07) is 11.2. The molecule has 1 aromatic heterocycles. The van der Waals surface area contributed by atoms with Gasteiger partial charge in [-0.3, -0.25) is 9.59 Å². The van der Waals surface area contributed by atoms with E-state index in [0.717, 1.165) is 0 Å². The molecule has 0 aliphatic rings. The van der Waals surface area contributed by atoms with E-state index in [1.807, 2.05) is 0 Å². The number of phenolic OH excluding ortho intramolecular Hbond substituents is 1. The molecule has 0 atom stereocenters. The highest BCUT2D eigenvalue weighted by Gasteiger charge is 2.15. The minimum Gasteiger partial charge on any atom is -0.507 e. The first-order chi connectivity index (χ1) is 12.5. The molecule has 3 rings (SSSR count). The number of benzene rings is 2. The van der Waals surface area contributed by atoms with Crippen molar-refractivity contribution >= 4 is 34.5 Å². The average Bonchev–Trinajstić information content (AvgIpc) is 2.65. The summed E-state index contributed by atoms with van der Waals surface area (Å²) in [6.07, 6.45) is 1.27. The number of hydrogen-bond donors (Lipinski definition) is 2. The van der Waals surface area contributed by atoms with E-state index in [4.69, 9.17) is 11.6 Å². The summed E-state index contributed by atoms with van der Waals surface area (Å²) in [4.78, 5) is 24.8. The molecule has 3 aromatic rings. The van der Waals surface area contributed by atoms with E-state index in [1.165, 1.54) is 29.1 Å². The maximum Gasteiger partial charge on any atom is 0.292 e. The Bertz CT molecular complexity index is 1080. The lowest BCUT2D eigenvalue weighted by atomic mass is 10.1. The highest BCUT2D eigenvalue weighted by Crippen LogP contribution is 2.19. The lowest BCUT2D eigenvalue weighted by molar-refractivity contribution is 0.0949. The molecular weight excluding hydrogens is 356 g/mol. The fourth-order valence-corrected chi connectivity index (χ4v) is 2.64. The molecule has 0 aliphatic heterocycles. The fraction of sp³-hybridized carbons (Fsp3) is 0.111. The summed E-state index contributed by atoms with van der Waals surface area (Å²) in [5.74, 6) is -0.586. The zero-order valence-electron chi connectivity index (χ0n) is 13.8. The van der Waals surface area contributed by atoms with Crippen molar-refractivity contribution in [2.75, 3.05) is 0 Å². The molecule has 1 heterocycles. The predicted octanol–water partition coefficient (Wildman–Crippen LogP) is 2.54. The lowest BCUT2D eigenvalue weighted by Crippen LogP contribution is -2.28. The topological polar surface area (TPSA) is 96.6 Å². The van der Waals surface area contributed by atoms with E-state index >= 15 is 0 Å². The quantitative estimate of drug-likeness (QED) is 0.544. The van der Waals surface area contributed by atoms with Gasteiger partial charge in [0.25, 0.3) is 11.5 Å². The fourth-order valence-electron chi connectivity index (χ4n) is 2.46. The summed E-state index contributed by atoms with van der Waals surface area (Å²) >= 11 is 5.87. The Labute approximate surface area is 153 Å². The largest absolute Gasteiger partial charge is 0.507 e. The zero-order chi connectivity index (χ0) is 18.7. The van der Waals surface area contributed by atoms with E-state index in [-0.39, 0.29) is 17.0 Å². The summed E-state index contributed by atoms with van der Waals surface area (Å²) in [5, 5.41) is 19.0. The average molecular weight is 371 g/mol. The number of aromatic hydroxyl groups is 1. The number of rotatable bonds is 4. The first-order valence-electron chi connectivity index (χ1n) is 7.83. The molecule has 26 heavy (non-hydrogen) atoms. The van der Waals surface area contributed by atoms with E-state index < -0.39 is 5.91 Å². The number of amides is 1. The van der Waals surface area contributed by atoms with Crippen molar-refractivity contribution in [3.8, 4) is 5.75 Å². The zero-order valence-corrected chi connectivity index (χ0v) is 14.6. The van der Waals surface area contributed by atoms with Crippen LogP contribution in [0.4, 0.5) is 0 Å². The third kappa shape index (κ3) is 3.43. The van der Waals surface area contributed by atoms with Crippen LogP contribution >= 0.6 is 11.6 Å². The van der Waals surface area contributed by atoms with Gasteiger partial charge in [0.2, 0.25) is 0 Å². The molecule has 0 spiro atoms. The molecule has 132 valence electrons. The molecule has 0 fully saturated rings. The van der Waals surface area contributed by atoms with Gasteiger partial charge in [-0.15, -0.1) is 0 Å². The molecule has 0 radical (unpaired) electrons. The molecule has 0 saturated carbocycles. The molecular formula is C18H15ClN4O3. The lowest BCUT2D eigenvalue weighted by Gasteiger charge is -2.08. The van der Waals surface area contributed by atoms with Crippen molar-refractivity contribution in [1.82, 2.24) is 15.2 Å². The number of carbonyl (C=O) groups excluding carboxylic acids is 1. The van der Waals surface area contributed by atoms with Gasteiger partial charge < -0.3 is 5.11 Å². The van der Waals surface area contributed by atoms with Crippen molar-refractivity contribution in [1.29, 1.82) is 0 Å². The molecule has 0 saturated heterocycles. The molecule has 2 N–H and O–H groups in total. The van der Waals surface area contributed by atoms with Gasteiger partial charge in [-0.25, -0.2) is 10.1 Å². The van der Waals surface area contributed by atoms with Crippen LogP contribution in [0.15, 0.2) is 52.4 Å². The Morgan fingerprint density at radius 2 is 2.04 bits per heavy atom. The number of phenols is 1. The first-order valence-corrected chi connectivity index (χ1v) is 8.21. The van der Waals surface area contributed by atoms with Gasteiger partial charge in [0.05, 0.1) is 11.6 Å². The number of halogens is 1. The van der Waals surface area contributed by atoms with Crippen LogP contribution in [0.1, 0.15) is 23.0 Å². The van der Waals surface area contributed by atoms with Crippen molar-refractivity contribution in [2.24, 2.45) is 5.10 Å². The van der Waals surface area contributed by atoms with Crippen LogP contribution in [-0.2, 0) is 6.54 Å². The minimum atomic E-state index is -0.568. The molecule has 0 unspecified atom stereocenters. The molecule has 0 aliphatic carbocycles. The second kappa shape index (κ2) is 7.37. The Balaban J connectivity index is 1.93. The summed E-state index contributed by atoms with van der Waals surface area (Å²) in [5.41, 5.74) is 2.55. The van der Waals surface area contributed by atoms with Gasteiger partial charge in [0.15, 0.2) is 5.69 Å². The van der Waals surface area contributed by atoms with Gasteiger partial charge in [-0.05, 0) is 31.2 Å². The van der Waals surface area contributed by atoms with Gasteiger partial charge in [0, 0.05) is 22.5 Å². The number of hydrogen-bond acceptors (Lipinski definition) is 5. The highest BCUT2D eigenvalue weighted by molar-refractivity contribution is 6.30. The molecule has 0 bridgehead atoms. The predicted molar refractivity (Wildman–Crippen MR) is 99.9 cm³/mol. The Kier molecular flexibility index (Phi) is 4.99. The summed E-state index contributed by atoms with van der Waals surface area (Å²) < 4.78 is 1.23. The monoisotopic (exact) mass is 370 g/mol. The number of nitrogens with zero attached hydrogens (tertiary/aromatic N) is 3. The number of aryl methyl sites for hydroxylation is 1. The van der Waals surface area contributed by atoms with Gasteiger partial charge >= 0.3 is 0 Å². The second-order valence-electron chi connectivity index (χ2n) is 5.42. The number of aromatic nitrogens is 2. The van der Waals surface area contributed by atoms with Crippen LogP contribution in [0, 0.1) is 0 Å². The highest BCUT2D eigenvalue weighted by atomic mass is 35.5. The Morgan fingerprint density at radius 3 is 2.77 bits per heavy atom. The maximum absolute atomic E-state index is 12.5. The van der Waals surface area contributed by atoms with Crippen LogP contribution in [0.5, 0.6) is 5.75 Å². The third-order valence-electron chi connectivity index (χ3n) is 3.74. The van der Waals surface area contributed by atoms with Crippen molar-refractivity contribution < 1.29 is 9.90 Å². The van der Waals surface area contributed by atoms with Crippen LogP contribution in [0.25, 0.3) is 10.8 Å². The minimum absolute atomic E-state index is 0.0180. The van der Waals surface area contributed by atoms with Crippen molar-refractivity contribution in [2.45, 2.75) is 13.5 Å². The molecule has 2 aromatic carbocycles. The van der Waals surface area contributed by atoms with Crippen molar-refractivity contribution in [3.63, 3.8) is 0 Å². The summed E-state index contributed by atoms with van der Waals surface area (Å²) in [7, 11) is 0. The number of carbonyl (C=O) groups is 1. The first kappa shape index (κ1) is 17.6. The Morgan fingerprint density at radius 1 is 1.31 bits per heavy atom. The normalized spacial score (nSPS) is 11.2. The van der Waals surface area contributed by atoms with E-state index in [0.29, 0.717) is 27.9 Å². The summed E-state index contributed by atoms with van der Waals surface area (Å²) in [6.45, 7) is 2.11. The second-order valence-corrected chi connectivity index (χ2v) is 5.85. The molecule has 8 heteroatoms. The SMILES string of the molecule is CCn1nc(C(=O)N/N=C/c2cc(Cl)ccc2O)c2ccccc2c1=O. The van der Waals surface area contributed by atoms with Crippen molar-refractivity contribution in [3.05, 3.63) is 69.1 Å². The van der Waals surface area contributed by atoms with E-state index in [2.05, 4.69) is 15.6 Å². The number of nitrogens with one attached hydrogen (secondary N) is 1. The number of fused-ring (bicyclic) bond motifs is 1. The van der Waals surface area contributed by atoms with E-state index in [1.54, 1.807) is 31.2 Å². The smallest absolute Gasteiger partial charge is 0.292 e.